The molecule has 0 atom stereocenters. The number of rotatable bonds is 3. The first-order valence-electron chi connectivity index (χ1n) is 5.89. The van der Waals surface area contributed by atoms with Crippen LogP contribution in [0.5, 0.6) is 11.5 Å². The molecular weight excluding hydrogens is 307 g/mol. The van der Waals surface area contributed by atoms with Crippen LogP contribution < -0.4 is 5.32 Å². The Kier molecular flexibility index (Phi) is 4.18. The van der Waals surface area contributed by atoms with Crippen molar-refractivity contribution in [2.75, 3.05) is 5.32 Å². The maximum Gasteiger partial charge on any atom is 0.418 e. The molecule has 2 aromatic carbocycles. The number of benzene rings is 2. The normalized spacial score (nSPS) is 11.4. The Bertz CT molecular complexity index is 659. The molecule has 0 aliphatic heterocycles. The van der Waals surface area contributed by atoms with Gasteiger partial charge in [0.15, 0.2) is 11.5 Å². The summed E-state index contributed by atoms with van der Waals surface area (Å²) in [6.07, 6.45) is -4.52. The van der Waals surface area contributed by atoms with Gasteiger partial charge >= 0.3 is 6.18 Å². The van der Waals surface area contributed by atoms with E-state index in [0.717, 1.165) is 6.07 Å². The van der Waals surface area contributed by atoms with Gasteiger partial charge in [-0.05, 0) is 35.9 Å². The molecule has 112 valence electrons. The van der Waals surface area contributed by atoms with Gasteiger partial charge in [-0.2, -0.15) is 13.2 Å². The number of anilines is 1. The number of phenolic OH excluding ortho intramolecular Hbond substituents is 2. The van der Waals surface area contributed by atoms with E-state index < -0.39 is 11.7 Å². The van der Waals surface area contributed by atoms with Crippen molar-refractivity contribution < 1.29 is 23.4 Å². The van der Waals surface area contributed by atoms with Crippen LogP contribution in [-0.2, 0) is 12.7 Å². The molecule has 0 amide bonds. The standard InChI is InChI=1S/C14H11ClF3NO2/c15-9-2-3-11(10(6-9)14(16,17)18)19-7-8-1-4-12(20)13(21)5-8/h1-6,19-21H,7H2. The van der Waals surface area contributed by atoms with Crippen LogP contribution in [0.25, 0.3) is 0 Å². The first-order valence-corrected chi connectivity index (χ1v) is 6.26. The number of phenols is 2. The monoisotopic (exact) mass is 317 g/mol. The van der Waals surface area contributed by atoms with Crippen LogP contribution in [0.15, 0.2) is 36.4 Å². The third-order valence-corrected chi connectivity index (χ3v) is 3.04. The minimum atomic E-state index is -4.52. The molecular formula is C14H11ClF3NO2. The summed E-state index contributed by atoms with van der Waals surface area (Å²) in [5.74, 6) is -0.623. The van der Waals surface area contributed by atoms with Gasteiger partial charge in [-0.25, -0.2) is 0 Å². The van der Waals surface area contributed by atoms with Gasteiger partial charge in [0.05, 0.1) is 5.56 Å². The molecule has 7 heteroatoms. The molecule has 0 saturated carbocycles. The van der Waals surface area contributed by atoms with E-state index in [9.17, 15) is 23.4 Å². The van der Waals surface area contributed by atoms with Crippen LogP contribution in [0.3, 0.4) is 0 Å². The van der Waals surface area contributed by atoms with Crippen molar-refractivity contribution in [3.8, 4) is 11.5 Å². The fourth-order valence-corrected chi connectivity index (χ4v) is 1.95. The highest BCUT2D eigenvalue weighted by atomic mass is 35.5. The van der Waals surface area contributed by atoms with Crippen LogP contribution in [0.4, 0.5) is 18.9 Å². The smallest absolute Gasteiger partial charge is 0.418 e. The largest absolute Gasteiger partial charge is 0.504 e. The van der Waals surface area contributed by atoms with E-state index in [-0.39, 0.29) is 28.8 Å². The summed E-state index contributed by atoms with van der Waals surface area (Å²) in [6, 6.07) is 7.46. The topological polar surface area (TPSA) is 52.5 Å². The van der Waals surface area contributed by atoms with Gasteiger partial charge in [-0.15, -0.1) is 0 Å². The zero-order chi connectivity index (χ0) is 15.6. The molecule has 2 rings (SSSR count). The number of alkyl halides is 3. The molecule has 0 saturated heterocycles. The average molecular weight is 318 g/mol. The molecule has 0 radical (unpaired) electrons. The van der Waals surface area contributed by atoms with Crippen LogP contribution in [0, 0.1) is 0 Å². The van der Waals surface area contributed by atoms with Crippen molar-refractivity contribution in [2.24, 2.45) is 0 Å². The molecule has 0 aliphatic rings. The van der Waals surface area contributed by atoms with E-state index in [2.05, 4.69) is 5.32 Å². The van der Waals surface area contributed by atoms with Gasteiger partial charge in [0, 0.05) is 17.3 Å². The van der Waals surface area contributed by atoms with Crippen LogP contribution in [0.1, 0.15) is 11.1 Å². The van der Waals surface area contributed by atoms with Gasteiger partial charge in [0.1, 0.15) is 0 Å². The zero-order valence-electron chi connectivity index (χ0n) is 10.6. The third-order valence-electron chi connectivity index (χ3n) is 2.81. The Morgan fingerprint density at radius 3 is 2.33 bits per heavy atom. The maximum absolute atomic E-state index is 12.9. The summed E-state index contributed by atoms with van der Waals surface area (Å²) in [7, 11) is 0. The predicted octanol–water partition coefficient (Wildman–Crippen LogP) is 4.38. The summed E-state index contributed by atoms with van der Waals surface area (Å²) >= 11 is 5.59. The second kappa shape index (κ2) is 5.73. The van der Waals surface area contributed by atoms with Gasteiger partial charge in [-0.3, -0.25) is 0 Å². The third kappa shape index (κ3) is 3.72. The lowest BCUT2D eigenvalue weighted by molar-refractivity contribution is -0.136. The second-order valence-corrected chi connectivity index (χ2v) is 4.80. The summed E-state index contributed by atoms with van der Waals surface area (Å²) in [5, 5.41) is 21.2. The Morgan fingerprint density at radius 1 is 1.00 bits per heavy atom. The van der Waals surface area contributed by atoms with Crippen molar-refractivity contribution in [3.63, 3.8) is 0 Å². The number of nitrogens with one attached hydrogen (secondary N) is 1. The van der Waals surface area contributed by atoms with E-state index >= 15 is 0 Å². The number of hydrogen-bond donors (Lipinski definition) is 3. The van der Waals surface area contributed by atoms with Crippen LogP contribution in [-0.4, -0.2) is 10.2 Å². The Hall–Kier alpha value is -2.08. The molecule has 0 aromatic heterocycles. The molecule has 21 heavy (non-hydrogen) atoms. The van der Waals surface area contributed by atoms with Gasteiger partial charge in [-0.1, -0.05) is 17.7 Å². The summed E-state index contributed by atoms with van der Waals surface area (Å²) < 4.78 is 38.7. The van der Waals surface area contributed by atoms with Gasteiger partial charge < -0.3 is 15.5 Å². The SMILES string of the molecule is Oc1ccc(CNc2ccc(Cl)cc2C(F)(F)F)cc1O. The average Bonchev–Trinajstić information content (AvgIpc) is 2.40. The highest BCUT2D eigenvalue weighted by Crippen LogP contribution is 2.36. The highest BCUT2D eigenvalue weighted by Gasteiger charge is 2.33. The van der Waals surface area contributed by atoms with E-state index in [1.807, 2.05) is 0 Å². The summed E-state index contributed by atoms with van der Waals surface area (Å²) in [4.78, 5) is 0. The molecule has 3 nitrogen and oxygen atoms in total. The van der Waals surface area contributed by atoms with Crippen molar-refractivity contribution in [3.05, 3.63) is 52.5 Å². The molecule has 2 aromatic rings. The maximum atomic E-state index is 12.9. The number of aromatic hydroxyl groups is 2. The number of halogens is 4. The Balaban J connectivity index is 2.22. The van der Waals surface area contributed by atoms with Crippen molar-refractivity contribution in [1.82, 2.24) is 0 Å². The van der Waals surface area contributed by atoms with Gasteiger partial charge in [0.25, 0.3) is 0 Å². The lowest BCUT2D eigenvalue weighted by atomic mass is 10.1. The van der Waals surface area contributed by atoms with Crippen LogP contribution >= 0.6 is 11.6 Å². The molecule has 0 aliphatic carbocycles. The Labute approximate surface area is 123 Å². The lowest BCUT2D eigenvalue weighted by Crippen LogP contribution is -2.10. The fraction of sp³-hybridized carbons (Fsp3) is 0.143. The molecule has 0 unspecified atom stereocenters. The molecule has 0 fully saturated rings. The molecule has 3 N–H and O–H groups in total. The van der Waals surface area contributed by atoms with Crippen molar-refractivity contribution in [1.29, 1.82) is 0 Å². The molecule has 0 heterocycles. The Morgan fingerprint density at radius 2 is 1.71 bits per heavy atom. The minimum Gasteiger partial charge on any atom is -0.504 e. The van der Waals surface area contributed by atoms with E-state index in [1.165, 1.54) is 30.3 Å². The van der Waals surface area contributed by atoms with E-state index in [4.69, 9.17) is 11.6 Å². The van der Waals surface area contributed by atoms with Gasteiger partial charge in [0.2, 0.25) is 0 Å². The zero-order valence-corrected chi connectivity index (χ0v) is 11.3. The van der Waals surface area contributed by atoms with Crippen molar-refractivity contribution >= 4 is 17.3 Å². The van der Waals surface area contributed by atoms with E-state index in [1.54, 1.807) is 0 Å². The first-order chi connectivity index (χ1) is 9.77. The molecule has 0 bridgehead atoms. The molecule has 0 spiro atoms. The second-order valence-electron chi connectivity index (χ2n) is 4.36. The summed E-state index contributed by atoms with van der Waals surface area (Å²) in [6.45, 7) is 0.0541. The predicted molar refractivity (Wildman–Crippen MR) is 73.6 cm³/mol. The highest BCUT2D eigenvalue weighted by molar-refractivity contribution is 6.30. The van der Waals surface area contributed by atoms with E-state index in [0.29, 0.717) is 5.56 Å². The first kappa shape index (κ1) is 15.3. The van der Waals surface area contributed by atoms with Crippen LogP contribution in [0.2, 0.25) is 5.02 Å². The lowest BCUT2D eigenvalue weighted by Gasteiger charge is -2.15. The number of hydrogen-bond acceptors (Lipinski definition) is 3. The fourth-order valence-electron chi connectivity index (χ4n) is 1.78. The van der Waals surface area contributed by atoms with Crippen molar-refractivity contribution in [2.45, 2.75) is 12.7 Å². The summed E-state index contributed by atoms with van der Waals surface area (Å²) in [5.41, 5.74) is -0.453. The quantitative estimate of drug-likeness (QED) is 0.736. The minimum absolute atomic E-state index is 0.00449.